The largest absolute Gasteiger partial charge is 0.493 e. The second-order valence-electron chi connectivity index (χ2n) is 9.80. The highest BCUT2D eigenvalue weighted by Crippen LogP contribution is 2.46. The number of benzene rings is 1. The molecule has 5 atom stereocenters. The van der Waals surface area contributed by atoms with E-state index in [4.69, 9.17) is 14.6 Å². The van der Waals surface area contributed by atoms with Crippen molar-refractivity contribution >= 4 is 5.97 Å². The fraction of sp³-hybridized carbons (Fsp3) is 0.654. The molecule has 1 aromatic rings. The van der Waals surface area contributed by atoms with Crippen LogP contribution in [0.5, 0.6) is 5.75 Å². The lowest BCUT2D eigenvalue weighted by atomic mass is 9.75. The van der Waals surface area contributed by atoms with Gasteiger partial charge in [0.1, 0.15) is 5.75 Å². The van der Waals surface area contributed by atoms with Gasteiger partial charge in [0.2, 0.25) is 0 Å². The molecule has 0 saturated carbocycles. The van der Waals surface area contributed by atoms with E-state index in [-0.39, 0.29) is 30.7 Å². The molecule has 3 rings (SSSR count). The normalized spacial score (nSPS) is 26.5. The molecule has 5 heteroatoms. The highest BCUT2D eigenvalue weighted by Gasteiger charge is 2.47. The summed E-state index contributed by atoms with van der Waals surface area (Å²) in [5.74, 6) is 0.551. The number of aliphatic hydroxyl groups excluding tert-OH is 1. The second-order valence-corrected chi connectivity index (χ2v) is 9.80. The highest BCUT2D eigenvalue weighted by atomic mass is 16.5. The van der Waals surface area contributed by atoms with Crippen LogP contribution in [0.15, 0.2) is 36.4 Å². The van der Waals surface area contributed by atoms with E-state index < -0.39 is 12.1 Å². The molecule has 5 nitrogen and oxygen atoms in total. The Labute approximate surface area is 186 Å². The van der Waals surface area contributed by atoms with Gasteiger partial charge in [-0.1, -0.05) is 57.9 Å². The smallest absolute Gasteiger partial charge is 0.306 e. The number of carbonyl (C=O) groups is 1. The van der Waals surface area contributed by atoms with Crippen LogP contribution in [-0.4, -0.2) is 41.1 Å². The summed E-state index contributed by atoms with van der Waals surface area (Å²) in [4.78, 5) is 10.7. The first-order valence-corrected chi connectivity index (χ1v) is 11.8. The zero-order valence-electron chi connectivity index (χ0n) is 19.1. The third-order valence-corrected chi connectivity index (χ3v) is 6.93. The van der Waals surface area contributed by atoms with Crippen LogP contribution in [0.3, 0.4) is 0 Å². The van der Waals surface area contributed by atoms with E-state index in [1.807, 2.05) is 24.3 Å². The summed E-state index contributed by atoms with van der Waals surface area (Å²) < 4.78 is 11.8. The van der Waals surface area contributed by atoms with Gasteiger partial charge in [-0.2, -0.15) is 0 Å². The van der Waals surface area contributed by atoms with E-state index in [1.165, 1.54) is 5.56 Å². The zero-order valence-corrected chi connectivity index (χ0v) is 19.1. The Morgan fingerprint density at radius 3 is 2.84 bits per heavy atom. The van der Waals surface area contributed by atoms with Crippen LogP contribution in [0.25, 0.3) is 0 Å². The summed E-state index contributed by atoms with van der Waals surface area (Å²) >= 11 is 0. The van der Waals surface area contributed by atoms with E-state index in [9.17, 15) is 9.90 Å². The second kappa shape index (κ2) is 10.6. The summed E-state index contributed by atoms with van der Waals surface area (Å²) in [5, 5.41) is 19.6. The van der Waals surface area contributed by atoms with Gasteiger partial charge in [-0.25, -0.2) is 0 Å². The minimum Gasteiger partial charge on any atom is -0.493 e. The van der Waals surface area contributed by atoms with Crippen molar-refractivity contribution in [2.24, 2.45) is 17.3 Å². The van der Waals surface area contributed by atoms with Gasteiger partial charge in [-0.05, 0) is 54.7 Å². The molecule has 2 aliphatic heterocycles. The lowest BCUT2D eigenvalue weighted by molar-refractivity contribution is -0.137. The van der Waals surface area contributed by atoms with Gasteiger partial charge in [0, 0.05) is 5.92 Å². The van der Waals surface area contributed by atoms with Crippen molar-refractivity contribution in [3.8, 4) is 5.75 Å². The third kappa shape index (κ3) is 6.33. The molecule has 1 unspecified atom stereocenters. The number of fused-ring (bicyclic) bond motifs is 2. The van der Waals surface area contributed by atoms with Gasteiger partial charge in [0.15, 0.2) is 0 Å². The average Bonchev–Trinajstić information content (AvgIpc) is 3.32. The maximum absolute atomic E-state index is 10.8. The van der Waals surface area contributed by atoms with Crippen LogP contribution in [0.1, 0.15) is 64.9 Å². The molecule has 0 radical (unpaired) electrons. The summed E-state index contributed by atoms with van der Waals surface area (Å²) in [6.45, 7) is 6.64. The molecule has 0 spiro atoms. The molecule has 2 N–H and O–H groups in total. The van der Waals surface area contributed by atoms with Crippen molar-refractivity contribution < 1.29 is 24.5 Å². The van der Waals surface area contributed by atoms with Gasteiger partial charge in [-0.3, -0.25) is 4.79 Å². The number of rotatable bonds is 12. The fourth-order valence-electron chi connectivity index (χ4n) is 4.91. The van der Waals surface area contributed by atoms with Crippen molar-refractivity contribution in [1.82, 2.24) is 0 Å². The minimum atomic E-state index is -0.857. The van der Waals surface area contributed by atoms with E-state index in [0.29, 0.717) is 17.6 Å². The van der Waals surface area contributed by atoms with Crippen LogP contribution in [0.4, 0.5) is 0 Å². The van der Waals surface area contributed by atoms with Gasteiger partial charge >= 0.3 is 5.97 Å². The topological polar surface area (TPSA) is 76.0 Å². The highest BCUT2D eigenvalue weighted by molar-refractivity contribution is 5.66. The average molecular weight is 431 g/mol. The number of unbranched alkanes of at least 4 members (excludes halogenated alkanes) is 1. The quantitative estimate of drug-likeness (QED) is 0.456. The fourth-order valence-corrected chi connectivity index (χ4v) is 4.91. The molecule has 2 aliphatic rings. The molecule has 31 heavy (non-hydrogen) atoms. The molecule has 2 saturated heterocycles. The maximum atomic E-state index is 10.8. The number of ether oxygens (including phenoxy) is 2. The number of hydrogen-bond acceptors (Lipinski definition) is 4. The first kappa shape index (κ1) is 23.8. The molecule has 0 amide bonds. The molecular weight excluding hydrogens is 392 g/mol. The molecule has 1 aromatic carbocycles. The summed E-state index contributed by atoms with van der Waals surface area (Å²) in [5.41, 5.74) is 1.05. The van der Waals surface area contributed by atoms with Crippen LogP contribution >= 0.6 is 0 Å². The lowest BCUT2D eigenvalue weighted by Gasteiger charge is -2.30. The Balaban J connectivity index is 1.64. The van der Waals surface area contributed by atoms with E-state index >= 15 is 0 Å². The molecule has 172 valence electrons. The van der Waals surface area contributed by atoms with Crippen molar-refractivity contribution in [1.29, 1.82) is 0 Å². The molecule has 2 fully saturated rings. The molecule has 0 aliphatic carbocycles. The number of carboxylic acids is 1. The lowest BCUT2D eigenvalue weighted by Crippen LogP contribution is -2.30. The molecule has 2 bridgehead atoms. The SMILES string of the molecule is CCCCC(C)(C)C(O)/C=C/[C@@H]1[C@H](Cc2cccc(OCCC(=O)O)c2)[C@@H]2CC[C@H]1O2. The van der Waals surface area contributed by atoms with Gasteiger partial charge in [-0.15, -0.1) is 0 Å². The number of aliphatic hydroxyl groups is 1. The predicted molar refractivity (Wildman–Crippen MR) is 121 cm³/mol. The Morgan fingerprint density at radius 2 is 2.10 bits per heavy atom. The zero-order chi connectivity index (χ0) is 22.4. The number of aliphatic carboxylic acids is 1. The van der Waals surface area contributed by atoms with Gasteiger partial charge in [0.25, 0.3) is 0 Å². The summed E-state index contributed by atoms with van der Waals surface area (Å²) in [7, 11) is 0. The van der Waals surface area contributed by atoms with Crippen LogP contribution in [0.2, 0.25) is 0 Å². The minimum absolute atomic E-state index is 0.00571. The van der Waals surface area contributed by atoms with Gasteiger partial charge < -0.3 is 19.7 Å². The van der Waals surface area contributed by atoms with Crippen molar-refractivity contribution in [3.63, 3.8) is 0 Å². The first-order chi connectivity index (χ1) is 14.8. The first-order valence-electron chi connectivity index (χ1n) is 11.8. The molecule has 0 aromatic heterocycles. The number of hydrogen-bond donors (Lipinski definition) is 2. The Hall–Kier alpha value is -1.85. The third-order valence-electron chi connectivity index (χ3n) is 6.93. The predicted octanol–water partition coefficient (Wildman–Crippen LogP) is 5.01. The van der Waals surface area contributed by atoms with Crippen molar-refractivity contribution in [2.75, 3.05) is 6.61 Å². The molecular formula is C26H38O5. The Morgan fingerprint density at radius 1 is 1.32 bits per heavy atom. The number of carboxylic acid groups (broad SMARTS) is 1. The van der Waals surface area contributed by atoms with Gasteiger partial charge in [0.05, 0.1) is 31.3 Å². The van der Waals surface area contributed by atoms with Crippen LogP contribution in [-0.2, 0) is 16.0 Å². The van der Waals surface area contributed by atoms with E-state index in [0.717, 1.165) is 38.5 Å². The van der Waals surface area contributed by atoms with E-state index in [1.54, 1.807) is 0 Å². The monoisotopic (exact) mass is 430 g/mol. The summed E-state index contributed by atoms with van der Waals surface area (Å²) in [6, 6.07) is 7.94. The van der Waals surface area contributed by atoms with E-state index in [2.05, 4.69) is 32.9 Å². The van der Waals surface area contributed by atoms with Crippen LogP contribution in [0, 0.1) is 17.3 Å². The van der Waals surface area contributed by atoms with Crippen LogP contribution < -0.4 is 4.74 Å². The Kier molecular flexibility index (Phi) is 8.17. The summed E-state index contributed by atoms with van der Waals surface area (Å²) in [6.07, 6.45) is 10.6. The molecule has 2 heterocycles. The maximum Gasteiger partial charge on any atom is 0.306 e. The van der Waals surface area contributed by atoms with Crippen molar-refractivity contribution in [2.45, 2.75) is 84.0 Å². The Bertz CT molecular complexity index is 756. The van der Waals surface area contributed by atoms with Crippen molar-refractivity contribution in [3.05, 3.63) is 42.0 Å². The standard InChI is InChI=1S/C26H38O5/c1-4-5-14-26(2,3)24(27)12-9-20-21(23-11-10-22(20)31-23)17-18-7-6-8-19(16-18)30-15-13-25(28)29/h6-9,12,16,20-24,27H,4-5,10-11,13-15,17H2,1-3H3,(H,28,29)/b12-9+/t20-,21+,22-,23+,24?/m1/s1.